The highest BCUT2D eigenvalue weighted by molar-refractivity contribution is 14.1. The van der Waals surface area contributed by atoms with Gasteiger partial charge in [-0.05, 0) is 67.9 Å². The number of halogens is 2. The molecule has 0 aromatic heterocycles. The fraction of sp³-hybridized carbons (Fsp3) is 0.467. The SMILES string of the molecule is CN(C)CCCN(CCC#N)C(=O)c1cc(F)ccc1I. The molecular formula is C15H19FIN3O. The van der Waals surface area contributed by atoms with Crippen LogP contribution in [0, 0.1) is 20.7 Å². The summed E-state index contributed by atoms with van der Waals surface area (Å²) in [5.74, 6) is -0.639. The van der Waals surface area contributed by atoms with Crippen LogP contribution in [0.1, 0.15) is 23.2 Å². The molecule has 1 amide bonds. The molecule has 114 valence electrons. The van der Waals surface area contributed by atoms with Crippen molar-refractivity contribution in [3.63, 3.8) is 0 Å². The number of hydrogen-bond acceptors (Lipinski definition) is 3. The lowest BCUT2D eigenvalue weighted by Gasteiger charge is -2.23. The molecule has 0 unspecified atom stereocenters. The van der Waals surface area contributed by atoms with Crippen LogP contribution in [0.4, 0.5) is 4.39 Å². The molecule has 0 atom stereocenters. The Bertz CT molecular complexity index is 528. The van der Waals surface area contributed by atoms with Crippen molar-refractivity contribution in [1.82, 2.24) is 9.80 Å². The maximum atomic E-state index is 13.3. The van der Waals surface area contributed by atoms with Crippen LogP contribution < -0.4 is 0 Å². The summed E-state index contributed by atoms with van der Waals surface area (Å²) in [6, 6.07) is 6.24. The van der Waals surface area contributed by atoms with Crippen molar-refractivity contribution in [2.75, 3.05) is 33.7 Å². The van der Waals surface area contributed by atoms with E-state index in [-0.39, 0.29) is 12.3 Å². The van der Waals surface area contributed by atoms with Crippen molar-refractivity contribution >= 4 is 28.5 Å². The fourth-order valence-electron chi connectivity index (χ4n) is 1.91. The van der Waals surface area contributed by atoms with E-state index in [0.717, 1.165) is 13.0 Å². The molecule has 0 saturated carbocycles. The van der Waals surface area contributed by atoms with Gasteiger partial charge in [-0.25, -0.2) is 4.39 Å². The number of rotatable bonds is 7. The number of nitrogens with zero attached hydrogens (tertiary/aromatic N) is 3. The van der Waals surface area contributed by atoms with Gasteiger partial charge in [0.1, 0.15) is 5.82 Å². The molecule has 21 heavy (non-hydrogen) atoms. The van der Waals surface area contributed by atoms with Crippen molar-refractivity contribution in [3.8, 4) is 6.07 Å². The Morgan fingerprint density at radius 3 is 2.67 bits per heavy atom. The molecule has 0 fully saturated rings. The first-order valence-electron chi connectivity index (χ1n) is 6.71. The zero-order valence-electron chi connectivity index (χ0n) is 12.3. The van der Waals surface area contributed by atoms with E-state index >= 15 is 0 Å². The smallest absolute Gasteiger partial charge is 0.255 e. The van der Waals surface area contributed by atoms with Crippen molar-refractivity contribution in [1.29, 1.82) is 5.26 Å². The van der Waals surface area contributed by atoms with Crippen LogP contribution in [0.15, 0.2) is 18.2 Å². The van der Waals surface area contributed by atoms with Gasteiger partial charge in [0, 0.05) is 16.7 Å². The third-order valence-electron chi connectivity index (χ3n) is 2.97. The molecule has 0 spiro atoms. The summed E-state index contributed by atoms with van der Waals surface area (Å²) in [5.41, 5.74) is 0.360. The van der Waals surface area contributed by atoms with Crippen molar-refractivity contribution in [2.24, 2.45) is 0 Å². The lowest BCUT2D eigenvalue weighted by atomic mass is 10.2. The van der Waals surface area contributed by atoms with E-state index in [1.54, 1.807) is 11.0 Å². The molecule has 0 heterocycles. The highest BCUT2D eigenvalue weighted by Gasteiger charge is 2.18. The zero-order valence-corrected chi connectivity index (χ0v) is 14.4. The van der Waals surface area contributed by atoms with Crippen molar-refractivity contribution in [3.05, 3.63) is 33.1 Å². The molecule has 4 nitrogen and oxygen atoms in total. The van der Waals surface area contributed by atoms with Gasteiger partial charge in [-0.1, -0.05) is 0 Å². The second-order valence-corrected chi connectivity index (χ2v) is 6.14. The second kappa shape index (κ2) is 8.95. The number of nitriles is 1. The highest BCUT2D eigenvalue weighted by atomic mass is 127. The molecule has 0 N–H and O–H groups in total. The van der Waals surface area contributed by atoms with Crippen LogP contribution in [-0.4, -0.2) is 49.4 Å². The predicted octanol–water partition coefficient (Wildman–Crippen LogP) is 2.74. The van der Waals surface area contributed by atoms with Crippen molar-refractivity contribution < 1.29 is 9.18 Å². The molecule has 6 heteroatoms. The van der Waals surface area contributed by atoms with E-state index in [9.17, 15) is 9.18 Å². The molecule has 0 saturated heterocycles. The van der Waals surface area contributed by atoms with Gasteiger partial charge in [0.05, 0.1) is 18.1 Å². The Morgan fingerprint density at radius 1 is 1.33 bits per heavy atom. The molecule has 0 radical (unpaired) electrons. The maximum Gasteiger partial charge on any atom is 0.255 e. The summed E-state index contributed by atoms with van der Waals surface area (Å²) in [6.07, 6.45) is 1.09. The minimum Gasteiger partial charge on any atom is -0.338 e. The Balaban J connectivity index is 2.83. The lowest BCUT2D eigenvalue weighted by molar-refractivity contribution is 0.0752. The van der Waals surface area contributed by atoms with Gasteiger partial charge < -0.3 is 9.80 Å². The van der Waals surface area contributed by atoms with Crippen LogP contribution in [0.2, 0.25) is 0 Å². The van der Waals surface area contributed by atoms with Crippen LogP contribution in [-0.2, 0) is 0 Å². The number of hydrogen-bond donors (Lipinski definition) is 0. The van der Waals surface area contributed by atoms with Gasteiger partial charge in [-0.15, -0.1) is 0 Å². The zero-order chi connectivity index (χ0) is 15.8. The predicted molar refractivity (Wildman–Crippen MR) is 88.4 cm³/mol. The van der Waals surface area contributed by atoms with Gasteiger partial charge in [0.2, 0.25) is 0 Å². The van der Waals surface area contributed by atoms with E-state index in [1.165, 1.54) is 12.1 Å². The molecule has 0 aliphatic rings. The van der Waals surface area contributed by atoms with E-state index < -0.39 is 5.82 Å². The van der Waals surface area contributed by atoms with Crippen LogP contribution >= 0.6 is 22.6 Å². The molecule has 1 aromatic carbocycles. The van der Waals surface area contributed by atoms with Crippen LogP contribution in [0.25, 0.3) is 0 Å². The molecular weight excluding hydrogens is 384 g/mol. The van der Waals surface area contributed by atoms with Gasteiger partial charge in [0.15, 0.2) is 0 Å². The Hall–Kier alpha value is -1.20. The van der Waals surface area contributed by atoms with Gasteiger partial charge in [0.25, 0.3) is 5.91 Å². The summed E-state index contributed by atoms with van der Waals surface area (Å²) >= 11 is 2.02. The summed E-state index contributed by atoms with van der Waals surface area (Å²) in [6.45, 7) is 1.79. The van der Waals surface area contributed by atoms with Crippen LogP contribution in [0.5, 0.6) is 0 Å². The average Bonchev–Trinajstić information content (AvgIpc) is 2.44. The monoisotopic (exact) mass is 403 g/mol. The van der Waals surface area contributed by atoms with Gasteiger partial charge in [-0.3, -0.25) is 4.79 Å². The largest absolute Gasteiger partial charge is 0.338 e. The standard InChI is InChI=1S/C15H19FIN3O/c1-19(2)8-4-10-20(9-3-7-18)15(21)13-11-12(16)5-6-14(13)17/h5-6,11H,3-4,8-10H2,1-2H3. The number of carbonyl (C=O) groups excluding carboxylic acids is 1. The Kier molecular flexibility index (Phi) is 7.61. The van der Waals surface area contributed by atoms with Gasteiger partial charge >= 0.3 is 0 Å². The Labute approximate surface area is 138 Å². The third-order valence-corrected chi connectivity index (χ3v) is 3.91. The first-order chi connectivity index (χ1) is 9.95. The summed E-state index contributed by atoms with van der Waals surface area (Å²) in [7, 11) is 3.94. The normalized spacial score (nSPS) is 10.5. The minimum atomic E-state index is -0.424. The maximum absolute atomic E-state index is 13.3. The second-order valence-electron chi connectivity index (χ2n) is 4.98. The summed E-state index contributed by atoms with van der Waals surface area (Å²) in [4.78, 5) is 16.2. The third kappa shape index (κ3) is 5.98. The minimum absolute atomic E-state index is 0.215. The molecule has 1 aromatic rings. The van der Waals surface area contributed by atoms with E-state index in [0.29, 0.717) is 22.2 Å². The summed E-state index contributed by atoms with van der Waals surface area (Å²) in [5, 5.41) is 8.72. The molecule has 1 rings (SSSR count). The Morgan fingerprint density at radius 2 is 2.05 bits per heavy atom. The molecule has 0 aliphatic heterocycles. The number of carbonyl (C=O) groups is 1. The average molecular weight is 403 g/mol. The molecule has 0 bridgehead atoms. The number of amides is 1. The topological polar surface area (TPSA) is 47.3 Å². The number of benzene rings is 1. The first kappa shape index (κ1) is 17.9. The summed E-state index contributed by atoms with van der Waals surface area (Å²) < 4.78 is 14.1. The van der Waals surface area contributed by atoms with E-state index in [4.69, 9.17) is 5.26 Å². The van der Waals surface area contributed by atoms with Gasteiger partial charge in [-0.2, -0.15) is 5.26 Å². The van der Waals surface area contributed by atoms with E-state index in [2.05, 4.69) is 0 Å². The quantitative estimate of drug-likeness (QED) is 0.658. The van der Waals surface area contributed by atoms with E-state index in [1.807, 2.05) is 47.7 Å². The highest BCUT2D eigenvalue weighted by Crippen LogP contribution is 2.16. The van der Waals surface area contributed by atoms with Crippen LogP contribution in [0.3, 0.4) is 0 Å². The first-order valence-corrected chi connectivity index (χ1v) is 7.79. The fourth-order valence-corrected chi connectivity index (χ4v) is 2.48. The van der Waals surface area contributed by atoms with Crippen molar-refractivity contribution in [2.45, 2.75) is 12.8 Å². The molecule has 0 aliphatic carbocycles. The lowest BCUT2D eigenvalue weighted by Crippen LogP contribution is -2.34.